The first kappa shape index (κ1) is 29.6. The summed E-state index contributed by atoms with van der Waals surface area (Å²) in [6.45, 7) is 7.08. The van der Waals surface area contributed by atoms with Crippen LogP contribution in [-0.2, 0) is 14.4 Å². The summed E-state index contributed by atoms with van der Waals surface area (Å²) in [6.07, 6.45) is 0.549. The van der Waals surface area contributed by atoms with Crippen LogP contribution in [0.1, 0.15) is 43.7 Å². The summed E-state index contributed by atoms with van der Waals surface area (Å²) in [5.41, 5.74) is 4.57. The maximum Gasteiger partial charge on any atom is 0.270 e. The van der Waals surface area contributed by atoms with Crippen LogP contribution in [0.25, 0.3) is 0 Å². The summed E-state index contributed by atoms with van der Waals surface area (Å²) < 4.78 is 0. The Morgan fingerprint density at radius 2 is 1.61 bits per heavy atom. The number of para-hydroxylation sites is 2. The number of hydrogen-bond donors (Lipinski definition) is 1. The van der Waals surface area contributed by atoms with Gasteiger partial charge >= 0.3 is 0 Å². The fourth-order valence-electron chi connectivity index (χ4n) is 5.73. The molecule has 3 aromatic carbocycles. The number of benzene rings is 3. The normalized spacial score (nSPS) is 17.7. The molecule has 10 heteroatoms. The fourth-order valence-corrected chi connectivity index (χ4v) is 6.57. The van der Waals surface area contributed by atoms with E-state index in [-0.39, 0.29) is 29.9 Å². The molecule has 1 N–H and O–H groups in total. The van der Waals surface area contributed by atoms with E-state index in [0.29, 0.717) is 42.1 Å². The van der Waals surface area contributed by atoms with Gasteiger partial charge in [0.1, 0.15) is 11.9 Å². The van der Waals surface area contributed by atoms with Crippen molar-refractivity contribution in [3.05, 3.63) is 90.0 Å². The maximum absolute atomic E-state index is 13.2. The minimum Gasteiger partial charge on any atom is -0.368 e. The van der Waals surface area contributed by atoms with E-state index in [1.807, 2.05) is 76.5 Å². The zero-order valence-corrected chi connectivity index (χ0v) is 25.8. The highest BCUT2D eigenvalue weighted by Gasteiger charge is 2.42. The predicted molar refractivity (Wildman–Crippen MR) is 177 cm³/mol. The van der Waals surface area contributed by atoms with E-state index in [2.05, 4.69) is 41.2 Å². The minimum atomic E-state index is -0.647. The van der Waals surface area contributed by atoms with Gasteiger partial charge < -0.3 is 15.1 Å². The second kappa shape index (κ2) is 13.1. The Morgan fingerprint density at radius 3 is 2.34 bits per heavy atom. The number of fused-ring (bicyclic) bond motifs is 3. The van der Waals surface area contributed by atoms with Crippen LogP contribution in [0.15, 0.2) is 88.8 Å². The van der Waals surface area contributed by atoms with Crippen molar-refractivity contribution in [1.82, 2.24) is 9.80 Å². The molecule has 44 heavy (non-hydrogen) atoms. The van der Waals surface area contributed by atoms with Crippen LogP contribution in [0.2, 0.25) is 0 Å². The first-order chi connectivity index (χ1) is 21.4. The number of anilines is 2. The summed E-state index contributed by atoms with van der Waals surface area (Å²) in [5, 5.41) is 3.49. The van der Waals surface area contributed by atoms with Crippen LogP contribution in [-0.4, -0.2) is 76.5 Å². The lowest BCUT2D eigenvalue weighted by Gasteiger charge is -2.36. The Hall–Kier alpha value is -4.44. The van der Waals surface area contributed by atoms with Gasteiger partial charge in [-0.25, -0.2) is 4.99 Å². The third-order valence-electron chi connectivity index (χ3n) is 8.19. The van der Waals surface area contributed by atoms with Gasteiger partial charge in [-0.3, -0.25) is 19.3 Å². The lowest BCUT2D eigenvalue weighted by Crippen LogP contribution is -2.49. The van der Waals surface area contributed by atoms with Gasteiger partial charge in [0, 0.05) is 49.5 Å². The molecule has 1 atom stereocenters. The second-order valence-electron chi connectivity index (χ2n) is 11.4. The Kier molecular flexibility index (Phi) is 8.79. The fraction of sp³-hybridized carbons (Fsp3) is 0.324. The predicted octanol–water partition coefficient (Wildman–Crippen LogP) is 5.27. The Labute approximate surface area is 262 Å². The van der Waals surface area contributed by atoms with Crippen molar-refractivity contribution >= 4 is 57.5 Å². The largest absolute Gasteiger partial charge is 0.368 e. The molecule has 0 spiro atoms. The van der Waals surface area contributed by atoms with Gasteiger partial charge in [0.05, 0.1) is 11.4 Å². The average molecular weight is 609 g/mol. The zero-order chi connectivity index (χ0) is 30.6. The Balaban J connectivity index is 1.10. The summed E-state index contributed by atoms with van der Waals surface area (Å²) in [7, 11) is 0. The molecule has 0 aromatic heterocycles. The van der Waals surface area contributed by atoms with Gasteiger partial charge in [0.2, 0.25) is 11.8 Å². The first-order valence-corrected chi connectivity index (χ1v) is 16.1. The molecule has 1 unspecified atom stereocenters. The van der Waals surface area contributed by atoms with Gasteiger partial charge in [-0.1, -0.05) is 68.1 Å². The molecule has 0 saturated carbocycles. The SMILES string of the molecule is CC(C)c1ccc(NC(=O)CSC2=Nc3ccccc3C3=NC(=O)C(CCC(=O)N4CCN(c5ccccc5)CC4)N23)cc1. The number of carbonyl (C=O) groups is 3. The molecular weight excluding hydrogens is 572 g/mol. The van der Waals surface area contributed by atoms with E-state index in [4.69, 9.17) is 4.99 Å². The van der Waals surface area contributed by atoms with Crippen molar-refractivity contribution in [1.29, 1.82) is 0 Å². The number of amides is 3. The number of thioether (sulfide) groups is 1. The maximum atomic E-state index is 13.2. The number of nitrogens with one attached hydrogen (secondary N) is 1. The minimum absolute atomic E-state index is 0.0328. The lowest BCUT2D eigenvalue weighted by atomic mass is 10.0. The molecule has 3 aliphatic heterocycles. The van der Waals surface area contributed by atoms with Crippen LogP contribution in [0.5, 0.6) is 0 Å². The topological polar surface area (TPSA) is 97.7 Å². The molecule has 3 amide bonds. The summed E-state index contributed by atoms with van der Waals surface area (Å²) in [5.74, 6) is 0.629. The van der Waals surface area contributed by atoms with Crippen LogP contribution >= 0.6 is 11.8 Å². The summed E-state index contributed by atoms with van der Waals surface area (Å²) in [4.78, 5) is 54.6. The highest BCUT2D eigenvalue weighted by atomic mass is 32.2. The van der Waals surface area contributed by atoms with E-state index in [1.165, 1.54) is 17.3 Å². The van der Waals surface area contributed by atoms with Crippen LogP contribution in [0, 0.1) is 0 Å². The van der Waals surface area contributed by atoms with Crippen LogP contribution in [0.3, 0.4) is 0 Å². The third kappa shape index (κ3) is 6.40. The smallest absolute Gasteiger partial charge is 0.270 e. The number of piperazine rings is 1. The zero-order valence-electron chi connectivity index (χ0n) is 25.0. The molecule has 6 rings (SSSR count). The second-order valence-corrected chi connectivity index (χ2v) is 12.4. The number of aliphatic imine (C=N–C) groups is 2. The van der Waals surface area contributed by atoms with Crippen molar-refractivity contribution < 1.29 is 14.4 Å². The molecule has 3 heterocycles. The van der Waals surface area contributed by atoms with Crippen molar-refractivity contribution in [2.75, 3.05) is 42.1 Å². The average Bonchev–Trinajstić information content (AvgIpc) is 3.39. The molecule has 9 nitrogen and oxygen atoms in total. The van der Waals surface area contributed by atoms with E-state index < -0.39 is 6.04 Å². The molecule has 3 aromatic rings. The van der Waals surface area contributed by atoms with Gasteiger partial charge in [0.25, 0.3) is 5.91 Å². The van der Waals surface area contributed by atoms with Crippen LogP contribution < -0.4 is 10.2 Å². The van der Waals surface area contributed by atoms with Gasteiger partial charge in [-0.15, -0.1) is 0 Å². The van der Waals surface area contributed by atoms with Gasteiger partial charge in [0.15, 0.2) is 5.17 Å². The van der Waals surface area contributed by atoms with Crippen molar-refractivity contribution in [2.24, 2.45) is 9.98 Å². The molecule has 0 aliphatic carbocycles. The van der Waals surface area contributed by atoms with E-state index in [0.717, 1.165) is 30.0 Å². The van der Waals surface area contributed by atoms with Crippen molar-refractivity contribution in [3.8, 4) is 0 Å². The monoisotopic (exact) mass is 608 g/mol. The highest BCUT2D eigenvalue weighted by molar-refractivity contribution is 8.14. The van der Waals surface area contributed by atoms with Crippen molar-refractivity contribution in [2.45, 2.75) is 38.6 Å². The molecule has 0 bridgehead atoms. The summed E-state index contributed by atoms with van der Waals surface area (Å²) in [6, 6.07) is 25.0. The van der Waals surface area contributed by atoms with E-state index in [9.17, 15) is 14.4 Å². The quantitative estimate of drug-likeness (QED) is 0.374. The molecule has 1 fully saturated rings. The molecule has 226 valence electrons. The number of carbonyl (C=O) groups excluding carboxylic acids is 3. The van der Waals surface area contributed by atoms with Gasteiger partial charge in [-0.2, -0.15) is 4.99 Å². The van der Waals surface area contributed by atoms with E-state index in [1.54, 1.807) is 0 Å². The van der Waals surface area contributed by atoms with Crippen molar-refractivity contribution in [3.63, 3.8) is 0 Å². The third-order valence-corrected chi connectivity index (χ3v) is 9.14. The first-order valence-electron chi connectivity index (χ1n) is 15.1. The molecule has 3 aliphatic rings. The van der Waals surface area contributed by atoms with Crippen LogP contribution in [0.4, 0.5) is 17.1 Å². The number of hydrogen-bond acceptors (Lipinski definition) is 7. The highest BCUT2D eigenvalue weighted by Crippen LogP contribution is 2.35. The lowest BCUT2D eigenvalue weighted by molar-refractivity contribution is -0.132. The van der Waals surface area contributed by atoms with E-state index >= 15 is 0 Å². The molecule has 1 saturated heterocycles. The number of nitrogens with zero attached hydrogens (tertiary/aromatic N) is 5. The standard InChI is InChI=1S/C34H36N6O3S/c1-23(2)24-12-14-25(15-13-24)35-30(41)22-44-34-36-28-11-7-6-10-27(28)32-37-33(43)29(40(32)34)16-17-31(42)39-20-18-38(19-21-39)26-8-4-3-5-9-26/h3-15,23,29H,16-22H2,1-2H3,(H,35,41). The molecular formula is C34H36N6O3S. The summed E-state index contributed by atoms with van der Waals surface area (Å²) >= 11 is 1.27. The molecule has 0 radical (unpaired) electrons. The Bertz CT molecular complexity index is 1600. The number of rotatable bonds is 8. The number of amidine groups is 2. The van der Waals surface area contributed by atoms with Gasteiger partial charge in [-0.05, 0) is 54.3 Å². The Morgan fingerprint density at radius 1 is 0.909 bits per heavy atom.